The molecular weight excluding hydrogens is 415 g/mol. The fourth-order valence-electron chi connectivity index (χ4n) is 3.22. The molecule has 180 valence electrons. The fourth-order valence-corrected chi connectivity index (χ4v) is 3.22. The van der Waals surface area contributed by atoms with Crippen molar-refractivity contribution in [1.82, 2.24) is 15.2 Å². The first kappa shape index (κ1) is 28.6. The predicted octanol–water partition coefficient (Wildman–Crippen LogP) is 3.17. The second-order valence-corrected chi connectivity index (χ2v) is 8.19. The second-order valence-electron chi connectivity index (χ2n) is 8.19. The summed E-state index contributed by atoms with van der Waals surface area (Å²) in [5, 5.41) is 11.9. The number of nitrogens with two attached hydrogens (primary N) is 1. The Morgan fingerprint density at radius 1 is 0.879 bits per heavy atom. The van der Waals surface area contributed by atoms with Crippen molar-refractivity contribution in [2.24, 2.45) is 5.73 Å². The van der Waals surface area contributed by atoms with E-state index in [4.69, 9.17) is 10.8 Å². The van der Waals surface area contributed by atoms with Crippen LogP contribution in [0.4, 0.5) is 0 Å². The van der Waals surface area contributed by atoms with Gasteiger partial charge in [-0.15, -0.1) is 0 Å². The summed E-state index contributed by atoms with van der Waals surface area (Å²) >= 11 is 0. The van der Waals surface area contributed by atoms with Crippen molar-refractivity contribution in [3.05, 3.63) is 60.2 Å². The molecule has 0 fully saturated rings. The van der Waals surface area contributed by atoms with E-state index in [9.17, 15) is 9.59 Å². The normalized spacial score (nSPS) is 10.3. The van der Waals surface area contributed by atoms with Crippen LogP contribution in [0.15, 0.2) is 49.1 Å². The number of ketones is 2. The van der Waals surface area contributed by atoms with E-state index in [0.29, 0.717) is 31.5 Å². The van der Waals surface area contributed by atoms with Crippen molar-refractivity contribution in [3.8, 4) is 0 Å². The highest BCUT2D eigenvalue weighted by atomic mass is 16.2. The zero-order valence-corrected chi connectivity index (χ0v) is 19.9. The molecule has 0 radical (unpaired) electrons. The van der Waals surface area contributed by atoms with Crippen LogP contribution < -0.4 is 11.0 Å². The molecule has 0 aromatic carbocycles. The van der Waals surface area contributed by atoms with Crippen LogP contribution in [0.5, 0.6) is 0 Å². The van der Waals surface area contributed by atoms with Crippen molar-refractivity contribution >= 4 is 18.6 Å². The van der Waals surface area contributed by atoms with E-state index < -0.39 is 7.05 Å². The Hall–Kier alpha value is -2.42. The third-order valence-corrected chi connectivity index (χ3v) is 4.98. The van der Waals surface area contributed by atoms with Crippen LogP contribution in [0.1, 0.15) is 62.5 Å². The van der Waals surface area contributed by atoms with Gasteiger partial charge in [-0.1, -0.05) is 25.0 Å². The largest absolute Gasteiger partial charge is 0.437 e. The van der Waals surface area contributed by atoms with Gasteiger partial charge in [-0.3, -0.25) is 19.6 Å². The van der Waals surface area contributed by atoms with Crippen molar-refractivity contribution in [2.45, 2.75) is 71.0 Å². The van der Waals surface area contributed by atoms with Crippen molar-refractivity contribution in [3.63, 3.8) is 0 Å². The summed E-state index contributed by atoms with van der Waals surface area (Å²) in [6, 6.07) is 7.57. The number of aromatic nitrogens is 2. The summed E-state index contributed by atoms with van der Waals surface area (Å²) in [7, 11) is -0.447. The lowest BCUT2D eigenvalue weighted by Crippen LogP contribution is -2.31. The summed E-state index contributed by atoms with van der Waals surface area (Å²) in [5.74, 6) is 0.562. The van der Waals surface area contributed by atoms with Gasteiger partial charge in [-0.05, 0) is 68.9 Å². The first-order valence-corrected chi connectivity index (χ1v) is 11.9. The molecule has 2 aromatic rings. The van der Waals surface area contributed by atoms with Gasteiger partial charge in [0.15, 0.2) is 0 Å². The maximum Gasteiger partial charge on any atom is 0.373 e. The predicted molar refractivity (Wildman–Crippen MR) is 134 cm³/mol. The quantitative estimate of drug-likeness (QED) is 0.263. The SMILES string of the molecule is CB(O)NCCCCCC(=O)Cc1cccnc1.NCCCCCC(=O)Cc1cccnc1. The lowest BCUT2D eigenvalue weighted by Gasteiger charge is -2.04. The molecule has 2 rings (SSSR count). The maximum absolute atomic E-state index is 11.7. The molecule has 0 aliphatic carbocycles. The Bertz CT molecular complexity index is 761. The minimum atomic E-state index is -0.447. The van der Waals surface area contributed by atoms with Crippen LogP contribution in [0.25, 0.3) is 0 Å². The molecule has 0 saturated carbocycles. The molecular formula is C25H39BN4O3. The van der Waals surface area contributed by atoms with Crippen molar-refractivity contribution in [1.29, 1.82) is 0 Å². The van der Waals surface area contributed by atoms with Crippen LogP contribution in [0.2, 0.25) is 6.82 Å². The van der Waals surface area contributed by atoms with Crippen molar-refractivity contribution in [2.75, 3.05) is 13.1 Å². The third-order valence-electron chi connectivity index (χ3n) is 4.98. The van der Waals surface area contributed by atoms with Crippen LogP contribution in [-0.4, -0.2) is 46.7 Å². The molecule has 0 aliphatic rings. The van der Waals surface area contributed by atoms with Gasteiger partial charge in [-0.2, -0.15) is 0 Å². The van der Waals surface area contributed by atoms with Crippen molar-refractivity contribution < 1.29 is 14.6 Å². The number of hydrogen-bond donors (Lipinski definition) is 3. The third kappa shape index (κ3) is 16.8. The topological polar surface area (TPSA) is 118 Å². The first-order chi connectivity index (χ1) is 16.0. The van der Waals surface area contributed by atoms with Gasteiger partial charge < -0.3 is 16.0 Å². The van der Waals surface area contributed by atoms with E-state index in [1.807, 2.05) is 24.3 Å². The van der Waals surface area contributed by atoms with Gasteiger partial charge in [0.1, 0.15) is 11.6 Å². The molecule has 0 saturated heterocycles. The van der Waals surface area contributed by atoms with Crippen LogP contribution in [-0.2, 0) is 22.4 Å². The monoisotopic (exact) mass is 454 g/mol. The summed E-state index contributed by atoms with van der Waals surface area (Å²) in [4.78, 5) is 31.2. The number of nitrogens with zero attached hydrogens (tertiary/aromatic N) is 2. The minimum absolute atomic E-state index is 0.270. The minimum Gasteiger partial charge on any atom is -0.437 e. The van der Waals surface area contributed by atoms with E-state index in [0.717, 1.165) is 62.7 Å². The highest BCUT2D eigenvalue weighted by molar-refractivity contribution is 6.45. The Morgan fingerprint density at radius 2 is 1.39 bits per heavy atom. The van der Waals surface area contributed by atoms with Gasteiger partial charge in [0.25, 0.3) is 0 Å². The molecule has 0 aliphatic heterocycles. The molecule has 0 spiro atoms. The Labute approximate surface area is 198 Å². The van der Waals surface area contributed by atoms with Gasteiger partial charge in [0.05, 0.1) is 0 Å². The molecule has 4 N–H and O–H groups in total. The molecule has 0 atom stereocenters. The Morgan fingerprint density at radius 3 is 1.82 bits per heavy atom. The molecule has 33 heavy (non-hydrogen) atoms. The lowest BCUT2D eigenvalue weighted by atomic mass is 9.89. The molecule has 0 unspecified atom stereocenters. The molecule has 7 nitrogen and oxygen atoms in total. The van der Waals surface area contributed by atoms with E-state index in [2.05, 4.69) is 15.2 Å². The van der Waals surface area contributed by atoms with Gasteiger partial charge in [0, 0.05) is 50.5 Å². The highest BCUT2D eigenvalue weighted by Gasteiger charge is 2.05. The van der Waals surface area contributed by atoms with E-state index in [1.54, 1.807) is 31.6 Å². The zero-order valence-electron chi connectivity index (χ0n) is 19.9. The Balaban J connectivity index is 0.000000335. The van der Waals surface area contributed by atoms with E-state index >= 15 is 0 Å². The second kappa shape index (κ2) is 19.1. The van der Waals surface area contributed by atoms with Gasteiger partial charge in [0.2, 0.25) is 0 Å². The number of nitrogens with one attached hydrogen (secondary N) is 1. The first-order valence-electron chi connectivity index (χ1n) is 11.9. The van der Waals surface area contributed by atoms with E-state index in [-0.39, 0.29) is 5.78 Å². The highest BCUT2D eigenvalue weighted by Crippen LogP contribution is 2.06. The average molecular weight is 454 g/mol. The van der Waals surface area contributed by atoms with E-state index in [1.165, 1.54) is 0 Å². The number of pyridine rings is 2. The maximum atomic E-state index is 11.7. The van der Waals surface area contributed by atoms with Gasteiger partial charge >= 0.3 is 7.05 Å². The number of hydrogen-bond acceptors (Lipinski definition) is 7. The number of carbonyl (C=O) groups excluding carboxylic acids is 2. The van der Waals surface area contributed by atoms with Crippen LogP contribution in [0.3, 0.4) is 0 Å². The van der Waals surface area contributed by atoms with Crippen LogP contribution in [0, 0.1) is 0 Å². The summed E-state index contributed by atoms with van der Waals surface area (Å²) < 4.78 is 0. The number of unbranched alkanes of at least 4 members (excludes halogenated alkanes) is 4. The zero-order chi connectivity index (χ0) is 24.2. The standard InChI is InChI=1S/C13H21BN2O2.C12H18N2O/c1-14(18)16-9-4-2-3-7-13(17)10-12-6-5-8-15-11-12;13-7-3-1-2-6-12(15)9-11-5-4-8-14-10-11/h5-6,8,11,16,18H,2-4,7,9-10H2,1H3;4-5,8,10H,1-3,6-7,9,13H2. The summed E-state index contributed by atoms with van der Waals surface area (Å²) in [6.45, 7) is 3.22. The molecule has 0 amide bonds. The Kier molecular flexibility index (Phi) is 16.6. The summed E-state index contributed by atoms with van der Waals surface area (Å²) in [5.41, 5.74) is 7.36. The molecule has 2 heterocycles. The molecule has 8 heteroatoms. The molecule has 0 bridgehead atoms. The number of Topliss-reactive ketones (excluding diaryl/α,β-unsaturated/α-hetero) is 2. The molecule has 2 aromatic heterocycles. The fraction of sp³-hybridized carbons (Fsp3) is 0.520. The number of carbonyl (C=O) groups is 2. The van der Waals surface area contributed by atoms with Crippen LogP contribution >= 0.6 is 0 Å². The number of rotatable bonds is 16. The lowest BCUT2D eigenvalue weighted by molar-refractivity contribution is -0.119. The summed E-state index contributed by atoms with van der Waals surface area (Å²) in [6.07, 6.45) is 15.1. The smallest absolute Gasteiger partial charge is 0.373 e. The van der Waals surface area contributed by atoms with Gasteiger partial charge in [-0.25, -0.2) is 0 Å². The average Bonchev–Trinajstić information content (AvgIpc) is 2.81.